The Morgan fingerprint density at radius 2 is 1.90 bits per heavy atom. The minimum absolute atomic E-state index is 0.0704. The third-order valence-corrected chi connectivity index (χ3v) is 5.46. The first-order chi connectivity index (χ1) is 10.1. The third-order valence-electron chi connectivity index (χ3n) is 3.23. The lowest BCUT2D eigenvalue weighted by Crippen LogP contribution is -2.40. The molecule has 4 nitrogen and oxygen atoms in total. The van der Waals surface area contributed by atoms with Gasteiger partial charge in [-0.25, -0.2) is 8.42 Å². The molecule has 3 rings (SSSR count). The van der Waals surface area contributed by atoms with E-state index in [1.54, 1.807) is 17.0 Å². The van der Waals surface area contributed by atoms with E-state index in [9.17, 15) is 13.2 Å². The summed E-state index contributed by atoms with van der Waals surface area (Å²) in [6, 6.07) is 12.2. The quantitative estimate of drug-likeness (QED) is 0.874. The fourth-order valence-corrected chi connectivity index (χ4v) is 4.22. The zero-order valence-corrected chi connectivity index (χ0v) is 12.7. The highest BCUT2D eigenvalue weighted by Gasteiger charge is 2.32. The number of carbonyl (C=O) groups is 1. The average molecular weight is 319 g/mol. The van der Waals surface area contributed by atoms with Crippen LogP contribution in [0.3, 0.4) is 0 Å². The Morgan fingerprint density at radius 1 is 1.14 bits per heavy atom. The van der Waals surface area contributed by atoms with E-state index in [4.69, 9.17) is 0 Å². The number of rotatable bonds is 3. The minimum Gasteiger partial charge on any atom is -0.300 e. The van der Waals surface area contributed by atoms with Crippen LogP contribution >= 0.6 is 11.3 Å². The van der Waals surface area contributed by atoms with Crippen LogP contribution in [0.1, 0.15) is 9.67 Å². The summed E-state index contributed by atoms with van der Waals surface area (Å²) in [7, 11) is -3.22. The molecule has 2 aromatic rings. The topological polar surface area (TPSA) is 54.5 Å². The number of anilines is 1. The predicted molar refractivity (Wildman–Crippen MR) is 84.3 cm³/mol. The van der Waals surface area contributed by atoms with Gasteiger partial charge in [0.05, 0.1) is 16.7 Å². The molecule has 0 N–H and O–H groups in total. The molecule has 1 aliphatic heterocycles. The summed E-state index contributed by atoms with van der Waals surface area (Å²) in [5.41, 5.74) is 0.697. The summed E-state index contributed by atoms with van der Waals surface area (Å²) in [5.74, 6) is -0.248. The van der Waals surface area contributed by atoms with Crippen LogP contribution in [0.5, 0.6) is 0 Å². The fraction of sp³-hybridized carbons (Fsp3) is 0.133. The number of amides is 1. The standard InChI is InChI=1S/C15H13NO3S2/c17-15(14-7-4-9-20-14)16(12-5-2-1-3-6-12)13-8-10-21(18,19)11-13/h1-10,13H,11H2/t13-/m1/s1. The molecule has 21 heavy (non-hydrogen) atoms. The normalized spacial score (nSPS) is 19.5. The molecular weight excluding hydrogens is 306 g/mol. The number of nitrogens with zero attached hydrogens (tertiary/aromatic N) is 1. The molecule has 0 saturated carbocycles. The lowest BCUT2D eigenvalue weighted by atomic mass is 10.2. The van der Waals surface area contributed by atoms with Crippen LogP contribution in [0.15, 0.2) is 59.3 Å². The molecule has 6 heteroatoms. The van der Waals surface area contributed by atoms with Crippen molar-refractivity contribution in [2.24, 2.45) is 0 Å². The van der Waals surface area contributed by atoms with Gasteiger partial charge in [0.25, 0.3) is 5.91 Å². The Kier molecular flexibility index (Phi) is 3.65. The molecule has 1 aromatic carbocycles. The second-order valence-electron chi connectivity index (χ2n) is 4.71. The monoisotopic (exact) mass is 319 g/mol. The summed E-state index contributed by atoms with van der Waals surface area (Å²) >= 11 is 1.35. The predicted octanol–water partition coefficient (Wildman–Crippen LogP) is 2.71. The van der Waals surface area contributed by atoms with Gasteiger partial charge >= 0.3 is 0 Å². The second kappa shape index (κ2) is 5.46. The van der Waals surface area contributed by atoms with E-state index in [-0.39, 0.29) is 11.7 Å². The molecule has 0 aliphatic carbocycles. The van der Waals surface area contributed by atoms with Gasteiger partial charge in [-0.15, -0.1) is 11.3 Å². The second-order valence-corrected chi connectivity index (χ2v) is 7.59. The van der Waals surface area contributed by atoms with E-state index in [0.717, 1.165) is 0 Å². The van der Waals surface area contributed by atoms with Gasteiger partial charge in [0, 0.05) is 11.1 Å². The van der Waals surface area contributed by atoms with E-state index in [1.165, 1.54) is 16.7 Å². The number of thiophene rings is 1. The summed E-state index contributed by atoms with van der Waals surface area (Å²) in [6.45, 7) is 0. The summed E-state index contributed by atoms with van der Waals surface area (Å²) < 4.78 is 23.3. The molecule has 1 atom stereocenters. The molecule has 0 unspecified atom stereocenters. The summed E-state index contributed by atoms with van der Waals surface area (Å²) in [6.07, 6.45) is 1.58. The molecule has 1 aliphatic rings. The van der Waals surface area contributed by atoms with Crippen molar-refractivity contribution in [3.8, 4) is 0 Å². The van der Waals surface area contributed by atoms with Crippen LogP contribution in [0.2, 0.25) is 0 Å². The van der Waals surface area contributed by atoms with E-state index in [2.05, 4.69) is 0 Å². The van der Waals surface area contributed by atoms with Crippen molar-refractivity contribution in [3.05, 3.63) is 64.2 Å². The van der Waals surface area contributed by atoms with Crippen molar-refractivity contribution >= 4 is 32.8 Å². The largest absolute Gasteiger partial charge is 0.300 e. The molecule has 1 aromatic heterocycles. The van der Waals surface area contributed by atoms with Gasteiger partial charge < -0.3 is 0 Å². The van der Waals surface area contributed by atoms with Gasteiger partial charge in [0.15, 0.2) is 9.84 Å². The lowest BCUT2D eigenvalue weighted by Gasteiger charge is -2.27. The minimum atomic E-state index is -3.22. The highest BCUT2D eigenvalue weighted by atomic mass is 32.2. The zero-order chi connectivity index (χ0) is 14.9. The van der Waals surface area contributed by atoms with Crippen molar-refractivity contribution in [2.45, 2.75) is 6.04 Å². The van der Waals surface area contributed by atoms with Crippen LogP contribution in [-0.4, -0.2) is 26.1 Å². The van der Waals surface area contributed by atoms with Crippen molar-refractivity contribution < 1.29 is 13.2 Å². The SMILES string of the molecule is O=C(c1cccs1)N(c1ccccc1)[C@@H]1C=CS(=O)(=O)C1. The highest BCUT2D eigenvalue weighted by Crippen LogP contribution is 2.25. The van der Waals surface area contributed by atoms with Crippen LogP contribution < -0.4 is 4.90 Å². The number of benzene rings is 1. The summed E-state index contributed by atoms with van der Waals surface area (Å²) in [4.78, 5) is 14.9. The maximum atomic E-state index is 12.7. The van der Waals surface area contributed by atoms with Crippen molar-refractivity contribution in [2.75, 3.05) is 10.7 Å². The average Bonchev–Trinajstić information content (AvgIpc) is 3.10. The van der Waals surface area contributed by atoms with Crippen LogP contribution in [0.25, 0.3) is 0 Å². The Hall–Kier alpha value is -1.92. The molecule has 1 amide bonds. The Balaban J connectivity index is 2.00. The zero-order valence-electron chi connectivity index (χ0n) is 11.0. The molecule has 2 heterocycles. The molecular formula is C15H13NO3S2. The number of para-hydroxylation sites is 1. The van der Waals surface area contributed by atoms with Gasteiger partial charge in [0.1, 0.15) is 0 Å². The van der Waals surface area contributed by atoms with Crippen molar-refractivity contribution in [1.29, 1.82) is 0 Å². The molecule has 0 saturated heterocycles. The molecule has 0 radical (unpaired) electrons. The van der Waals surface area contributed by atoms with E-state index >= 15 is 0 Å². The third kappa shape index (κ3) is 2.91. The Bertz CT molecular complexity index is 765. The van der Waals surface area contributed by atoms with Crippen molar-refractivity contribution in [3.63, 3.8) is 0 Å². The maximum Gasteiger partial charge on any atom is 0.268 e. The van der Waals surface area contributed by atoms with E-state index in [0.29, 0.717) is 10.6 Å². The first kappa shape index (κ1) is 14.0. The van der Waals surface area contributed by atoms with Gasteiger partial charge in [0.2, 0.25) is 0 Å². The first-order valence-electron chi connectivity index (χ1n) is 6.40. The molecule has 0 fully saturated rings. The van der Waals surface area contributed by atoms with Crippen molar-refractivity contribution in [1.82, 2.24) is 0 Å². The fourth-order valence-electron chi connectivity index (χ4n) is 2.29. The van der Waals surface area contributed by atoms with Crippen LogP contribution in [0.4, 0.5) is 5.69 Å². The lowest BCUT2D eigenvalue weighted by molar-refractivity contribution is 0.0987. The van der Waals surface area contributed by atoms with Gasteiger partial charge in [-0.05, 0) is 29.7 Å². The molecule has 108 valence electrons. The smallest absolute Gasteiger partial charge is 0.268 e. The van der Waals surface area contributed by atoms with Gasteiger partial charge in [-0.1, -0.05) is 24.3 Å². The maximum absolute atomic E-state index is 12.7. The van der Waals surface area contributed by atoms with Crippen LogP contribution in [0, 0.1) is 0 Å². The summed E-state index contributed by atoms with van der Waals surface area (Å²) in [5, 5.41) is 3.02. The molecule has 0 bridgehead atoms. The van der Waals surface area contributed by atoms with Gasteiger partial charge in [-0.3, -0.25) is 9.69 Å². The number of hydrogen-bond donors (Lipinski definition) is 0. The number of sulfone groups is 1. The number of hydrogen-bond acceptors (Lipinski definition) is 4. The van der Waals surface area contributed by atoms with E-state index in [1.807, 2.05) is 41.8 Å². The molecule has 0 spiro atoms. The van der Waals surface area contributed by atoms with Crippen LogP contribution in [-0.2, 0) is 9.84 Å². The number of carbonyl (C=O) groups excluding carboxylic acids is 1. The Morgan fingerprint density at radius 3 is 2.48 bits per heavy atom. The van der Waals surface area contributed by atoms with E-state index < -0.39 is 15.9 Å². The van der Waals surface area contributed by atoms with Gasteiger partial charge in [-0.2, -0.15) is 0 Å². The highest BCUT2D eigenvalue weighted by molar-refractivity contribution is 7.94. The Labute approximate surface area is 127 Å². The first-order valence-corrected chi connectivity index (χ1v) is 8.99.